The van der Waals surface area contributed by atoms with Gasteiger partial charge in [-0.2, -0.15) is 0 Å². The van der Waals surface area contributed by atoms with E-state index in [2.05, 4.69) is 29.5 Å². The van der Waals surface area contributed by atoms with E-state index in [-0.39, 0.29) is 28.9 Å². The smallest absolute Gasteiger partial charge is 0.242 e. The summed E-state index contributed by atoms with van der Waals surface area (Å²) in [7, 11) is -0.396. The third kappa shape index (κ3) is 9.18. The van der Waals surface area contributed by atoms with Crippen LogP contribution in [0.4, 0.5) is 0 Å². The largest absolute Gasteiger partial charge is 0.388 e. The number of halogens is 1. The lowest BCUT2D eigenvalue weighted by Gasteiger charge is -2.28. The van der Waals surface area contributed by atoms with Gasteiger partial charge < -0.3 is 15.7 Å². The SMILES string of the molecule is CCCC(O)(CCC)CNC(=NCc1ccc(S(=O)(=O)N(C)C)cc1)NCC.I. The molecule has 0 aliphatic heterocycles. The lowest BCUT2D eigenvalue weighted by molar-refractivity contribution is 0.0257. The van der Waals surface area contributed by atoms with E-state index in [4.69, 9.17) is 0 Å². The molecule has 0 radical (unpaired) electrons. The van der Waals surface area contributed by atoms with Crippen LogP contribution in [-0.2, 0) is 16.6 Å². The van der Waals surface area contributed by atoms with Crippen LogP contribution < -0.4 is 10.6 Å². The van der Waals surface area contributed by atoms with Crippen molar-refractivity contribution < 1.29 is 13.5 Å². The van der Waals surface area contributed by atoms with Gasteiger partial charge in [-0.1, -0.05) is 38.8 Å². The van der Waals surface area contributed by atoms with Gasteiger partial charge in [-0.3, -0.25) is 0 Å². The average Bonchev–Trinajstić information content (AvgIpc) is 2.64. The first kappa shape index (κ1) is 28.1. The molecule has 1 rings (SSSR count). The summed E-state index contributed by atoms with van der Waals surface area (Å²) in [6.07, 6.45) is 3.34. The molecule has 1 aromatic carbocycles. The zero-order valence-electron chi connectivity index (χ0n) is 18.2. The molecule has 0 fully saturated rings. The zero-order valence-corrected chi connectivity index (χ0v) is 21.4. The molecule has 0 saturated carbocycles. The second kappa shape index (κ2) is 13.4. The van der Waals surface area contributed by atoms with E-state index in [1.54, 1.807) is 24.3 Å². The van der Waals surface area contributed by atoms with Gasteiger partial charge in [-0.25, -0.2) is 17.7 Å². The summed E-state index contributed by atoms with van der Waals surface area (Å²) in [5, 5.41) is 17.2. The molecule has 0 amide bonds. The first-order chi connectivity index (χ1) is 13.2. The number of aliphatic hydroxyl groups is 1. The van der Waals surface area contributed by atoms with E-state index < -0.39 is 15.6 Å². The van der Waals surface area contributed by atoms with E-state index in [0.29, 0.717) is 25.6 Å². The minimum absolute atomic E-state index is 0. The highest BCUT2D eigenvalue weighted by Crippen LogP contribution is 2.18. The lowest BCUT2D eigenvalue weighted by atomic mass is 9.93. The van der Waals surface area contributed by atoms with Crippen LogP contribution in [0, 0.1) is 0 Å². The summed E-state index contributed by atoms with van der Waals surface area (Å²) >= 11 is 0. The van der Waals surface area contributed by atoms with Crippen molar-refractivity contribution in [2.45, 2.75) is 63.5 Å². The molecule has 0 bridgehead atoms. The number of rotatable bonds is 11. The van der Waals surface area contributed by atoms with Gasteiger partial charge in [0.1, 0.15) is 0 Å². The maximum Gasteiger partial charge on any atom is 0.242 e. The molecule has 7 nitrogen and oxygen atoms in total. The Bertz CT molecular complexity index is 716. The van der Waals surface area contributed by atoms with Gasteiger partial charge in [0.15, 0.2) is 5.96 Å². The van der Waals surface area contributed by atoms with Crippen molar-refractivity contribution in [1.82, 2.24) is 14.9 Å². The summed E-state index contributed by atoms with van der Waals surface area (Å²) in [4.78, 5) is 4.82. The molecule has 0 atom stereocenters. The fourth-order valence-corrected chi connectivity index (χ4v) is 3.87. The molecule has 3 N–H and O–H groups in total. The van der Waals surface area contributed by atoms with Gasteiger partial charge in [0.25, 0.3) is 0 Å². The molecule has 0 aromatic heterocycles. The number of nitrogens with zero attached hydrogens (tertiary/aromatic N) is 2. The predicted octanol–water partition coefficient (Wildman–Crippen LogP) is 2.94. The van der Waals surface area contributed by atoms with Gasteiger partial charge in [0, 0.05) is 27.2 Å². The normalized spacial score (nSPS) is 12.6. The second-order valence-corrected chi connectivity index (χ2v) is 9.36. The molecule has 29 heavy (non-hydrogen) atoms. The zero-order chi connectivity index (χ0) is 21.2. The number of hydrogen-bond acceptors (Lipinski definition) is 4. The molecule has 0 spiro atoms. The number of nitrogens with one attached hydrogen (secondary N) is 2. The van der Waals surface area contributed by atoms with Crippen LogP contribution in [0.15, 0.2) is 34.2 Å². The van der Waals surface area contributed by atoms with Gasteiger partial charge >= 0.3 is 0 Å². The minimum atomic E-state index is -3.42. The van der Waals surface area contributed by atoms with Crippen molar-refractivity contribution in [1.29, 1.82) is 0 Å². The topological polar surface area (TPSA) is 94.0 Å². The third-order valence-electron chi connectivity index (χ3n) is 4.48. The average molecular weight is 541 g/mol. The molecule has 0 heterocycles. The Morgan fingerprint density at radius 3 is 2.07 bits per heavy atom. The quantitative estimate of drug-likeness (QED) is 0.228. The maximum absolute atomic E-state index is 12.1. The number of guanidine groups is 1. The first-order valence-corrected chi connectivity index (χ1v) is 11.4. The molecule has 0 aliphatic rings. The molecule has 0 aliphatic carbocycles. The van der Waals surface area contributed by atoms with Gasteiger partial charge in [0.05, 0.1) is 17.0 Å². The summed E-state index contributed by atoms with van der Waals surface area (Å²) < 4.78 is 25.5. The van der Waals surface area contributed by atoms with Gasteiger partial charge in [-0.05, 0) is 37.5 Å². The monoisotopic (exact) mass is 540 g/mol. The lowest BCUT2D eigenvalue weighted by Crippen LogP contribution is -2.47. The summed E-state index contributed by atoms with van der Waals surface area (Å²) in [6.45, 7) is 7.70. The Kier molecular flexibility index (Phi) is 13.0. The maximum atomic E-state index is 12.1. The van der Waals surface area contributed by atoms with Crippen LogP contribution in [-0.4, -0.2) is 56.6 Å². The van der Waals surface area contributed by atoms with Crippen molar-refractivity contribution in [3.63, 3.8) is 0 Å². The Labute approximate surface area is 193 Å². The Morgan fingerprint density at radius 2 is 1.62 bits per heavy atom. The van der Waals surface area contributed by atoms with E-state index >= 15 is 0 Å². The summed E-state index contributed by atoms with van der Waals surface area (Å²) in [5.74, 6) is 0.637. The third-order valence-corrected chi connectivity index (χ3v) is 6.31. The number of hydrogen-bond donors (Lipinski definition) is 3. The highest BCUT2D eigenvalue weighted by Gasteiger charge is 2.25. The predicted molar refractivity (Wildman–Crippen MR) is 130 cm³/mol. The van der Waals surface area contributed by atoms with Crippen molar-refractivity contribution in [3.8, 4) is 0 Å². The Morgan fingerprint density at radius 1 is 1.07 bits per heavy atom. The van der Waals surface area contributed by atoms with Crippen molar-refractivity contribution in [2.24, 2.45) is 4.99 Å². The number of sulfonamides is 1. The fraction of sp³-hybridized carbons (Fsp3) is 0.650. The Balaban J connectivity index is 0.00000784. The van der Waals surface area contributed by atoms with Crippen molar-refractivity contribution in [3.05, 3.63) is 29.8 Å². The van der Waals surface area contributed by atoms with E-state index in [1.165, 1.54) is 18.4 Å². The van der Waals surface area contributed by atoms with Crippen molar-refractivity contribution >= 4 is 40.0 Å². The van der Waals surface area contributed by atoms with E-state index in [0.717, 1.165) is 31.2 Å². The van der Waals surface area contributed by atoms with Crippen LogP contribution in [0.5, 0.6) is 0 Å². The van der Waals surface area contributed by atoms with Crippen LogP contribution in [0.3, 0.4) is 0 Å². The molecular formula is C20H37IN4O3S. The first-order valence-electron chi connectivity index (χ1n) is 9.94. The fourth-order valence-electron chi connectivity index (χ4n) is 2.97. The highest BCUT2D eigenvalue weighted by atomic mass is 127. The van der Waals surface area contributed by atoms with Gasteiger partial charge in [-0.15, -0.1) is 24.0 Å². The number of aliphatic imine (C=N–C) groups is 1. The van der Waals surface area contributed by atoms with E-state index in [9.17, 15) is 13.5 Å². The second-order valence-electron chi connectivity index (χ2n) is 7.20. The van der Waals surface area contributed by atoms with Gasteiger partial charge in [0.2, 0.25) is 10.0 Å². The standard InChI is InChI=1S/C20H36N4O3S.HI/c1-6-13-20(25,14-7-2)16-23-19(21-8-3)22-15-17-9-11-18(12-10-17)28(26,27)24(4)5;/h9-12,25H,6-8,13-16H2,1-5H3,(H2,21,22,23);1H. The Hall–Kier alpha value is -0.910. The minimum Gasteiger partial charge on any atom is -0.388 e. The van der Waals surface area contributed by atoms with Crippen LogP contribution >= 0.6 is 24.0 Å². The van der Waals surface area contributed by atoms with Crippen molar-refractivity contribution in [2.75, 3.05) is 27.2 Å². The summed E-state index contributed by atoms with van der Waals surface area (Å²) in [6, 6.07) is 6.74. The number of benzene rings is 1. The molecule has 9 heteroatoms. The van der Waals surface area contributed by atoms with E-state index in [1.807, 2.05) is 6.92 Å². The van der Waals surface area contributed by atoms with Crippen LogP contribution in [0.25, 0.3) is 0 Å². The molecule has 0 unspecified atom stereocenters. The molecule has 0 saturated heterocycles. The van der Waals surface area contributed by atoms with Crippen LogP contribution in [0.1, 0.15) is 52.0 Å². The summed E-state index contributed by atoms with van der Waals surface area (Å²) in [5.41, 5.74) is 0.175. The molecule has 1 aromatic rings. The van der Waals surface area contributed by atoms with Crippen LogP contribution in [0.2, 0.25) is 0 Å². The molecule has 168 valence electrons. The highest BCUT2D eigenvalue weighted by molar-refractivity contribution is 14.0. The molecular weight excluding hydrogens is 503 g/mol.